The molecule has 0 saturated heterocycles. The van der Waals surface area contributed by atoms with Crippen LogP contribution in [0.25, 0.3) is 0 Å². The first kappa shape index (κ1) is 21.2. The van der Waals surface area contributed by atoms with Gasteiger partial charge in [0.1, 0.15) is 5.75 Å². The van der Waals surface area contributed by atoms with Gasteiger partial charge in [0.2, 0.25) is 6.29 Å². The smallest absolute Gasteiger partial charge is 0.465 e. The zero-order chi connectivity index (χ0) is 17.8. The normalized spacial score (nSPS) is 15.0. The third-order valence-electron chi connectivity index (χ3n) is 3.81. The Morgan fingerprint density at radius 2 is 1.62 bits per heavy atom. The maximum absolute atomic E-state index is 11.3. The van der Waals surface area contributed by atoms with E-state index in [1.807, 2.05) is 24.3 Å². The molecule has 1 rings (SSSR count). The Labute approximate surface area is 145 Å². The number of aryl methyl sites for hydroxylation is 1. The number of rotatable bonds is 13. The Hall–Kier alpha value is -0.870. The topological polar surface area (TPSA) is 65.0 Å². The summed E-state index contributed by atoms with van der Waals surface area (Å²) < 4.78 is 25.9. The van der Waals surface area contributed by atoms with Crippen LogP contribution in [0.15, 0.2) is 24.3 Å². The molecule has 24 heavy (non-hydrogen) atoms. The van der Waals surface area contributed by atoms with Crippen LogP contribution in [0.3, 0.4) is 0 Å². The standard InChI is InChI=1S/C18H31O5P/c1-4-5-6-7-8-9-10-11-17-12-14-18(15-13-17)22-16(2)23-24(19,20)21-3/h12-16H,4-11H2,1-3H3,(H,19,20). The lowest BCUT2D eigenvalue weighted by Gasteiger charge is -2.17. The summed E-state index contributed by atoms with van der Waals surface area (Å²) >= 11 is 0. The van der Waals surface area contributed by atoms with Gasteiger partial charge in [-0.1, -0.05) is 57.6 Å². The van der Waals surface area contributed by atoms with Gasteiger partial charge in [-0.3, -0.25) is 4.52 Å². The second kappa shape index (κ2) is 11.6. The van der Waals surface area contributed by atoms with Crippen LogP contribution in [0.1, 0.15) is 64.4 Å². The maximum atomic E-state index is 11.3. The van der Waals surface area contributed by atoms with E-state index in [1.54, 1.807) is 6.92 Å². The molecule has 0 amide bonds. The molecule has 5 nitrogen and oxygen atoms in total. The molecule has 0 bridgehead atoms. The van der Waals surface area contributed by atoms with Crippen molar-refractivity contribution < 1.29 is 23.2 Å². The first-order valence-corrected chi connectivity index (χ1v) is 10.3. The SMILES string of the molecule is CCCCCCCCCc1ccc(OC(C)OP(=O)(O)OC)cc1. The number of hydrogen-bond donors (Lipinski definition) is 1. The van der Waals surface area contributed by atoms with Crippen molar-refractivity contribution in [1.29, 1.82) is 0 Å². The number of ether oxygens (including phenoxy) is 1. The van der Waals surface area contributed by atoms with Crippen LogP contribution in [-0.4, -0.2) is 18.3 Å². The van der Waals surface area contributed by atoms with Crippen molar-refractivity contribution in [2.45, 2.75) is 71.5 Å². The Morgan fingerprint density at radius 1 is 1.04 bits per heavy atom. The summed E-state index contributed by atoms with van der Waals surface area (Å²) in [5.74, 6) is 0.599. The average molecular weight is 358 g/mol. The van der Waals surface area contributed by atoms with Gasteiger partial charge in [-0.25, -0.2) is 9.09 Å². The molecule has 0 radical (unpaired) electrons. The van der Waals surface area contributed by atoms with Gasteiger partial charge in [0.25, 0.3) is 0 Å². The van der Waals surface area contributed by atoms with E-state index in [0.717, 1.165) is 13.5 Å². The van der Waals surface area contributed by atoms with E-state index in [1.165, 1.54) is 50.5 Å². The summed E-state index contributed by atoms with van der Waals surface area (Å²) in [6.07, 6.45) is 9.32. The zero-order valence-electron chi connectivity index (χ0n) is 15.1. The fourth-order valence-corrected chi connectivity index (χ4v) is 2.97. The van der Waals surface area contributed by atoms with E-state index in [4.69, 9.17) is 9.26 Å². The summed E-state index contributed by atoms with van der Waals surface area (Å²) in [5.41, 5.74) is 1.27. The fourth-order valence-electron chi connectivity index (χ4n) is 2.46. The van der Waals surface area contributed by atoms with Crippen LogP contribution in [0, 0.1) is 0 Å². The number of phosphoric ester groups is 1. The molecule has 0 saturated carbocycles. The molecular formula is C18H31O5P. The lowest BCUT2D eigenvalue weighted by Crippen LogP contribution is -2.15. The molecule has 0 aromatic heterocycles. The van der Waals surface area contributed by atoms with Gasteiger partial charge >= 0.3 is 7.82 Å². The van der Waals surface area contributed by atoms with Crippen molar-refractivity contribution in [1.82, 2.24) is 0 Å². The molecule has 0 aliphatic rings. The number of phosphoric acid groups is 1. The van der Waals surface area contributed by atoms with Gasteiger partial charge in [0.05, 0.1) is 0 Å². The summed E-state index contributed by atoms with van der Waals surface area (Å²) in [5, 5.41) is 0. The number of unbranched alkanes of at least 4 members (excludes halogenated alkanes) is 6. The van der Waals surface area contributed by atoms with E-state index < -0.39 is 14.1 Å². The van der Waals surface area contributed by atoms with Crippen LogP contribution >= 0.6 is 7.82 Å². The monoisotopic (exact) mass is 358 g/mol. The number of hydrogen-bond acceptors (Lipinski definition) is 4. The molecule has 0 fully saturated rings. The van der Waals surface area contributed by atoms with Crippen LogP contribution < -0.4 is 4.74 Å². The first-order chi connectivity index (χ1) is 11.5. The molecule has 1 aromatic rings. The molecule has 0 spiro atoms. The third kappa shape index (κ3) is 9.43. The van der Waals surface area contributed by atoms with Crippen LogP contribution in [0.2, 0.25) is 0 Å². The summed E-state index contributed by atoms with van der Waals surface area (Å²) in [7, 11) is -2.91. The van der Waals surface area contributed by atoms with E-state index in [0.29, 0.717) is 5.75 Å². The predicted molar refractivity (Wildman–Crippen MR) is 96.1 cm³/mol. The highest BCUT2D eigenvalue weighted by molar-refractivity contribution is 7.47. The Kier molecular flexibility index (Phi) is 10.3. The minimum absolute atomic E-state index is 0.599. The fraction of sp³-hybridized carbons (Fsp3) is 0.667. The van der Waals surface area contributed by atoms with Crippen molar-refractivity contribution in [2.24, 2.45) is 0 Å². The quantitative estimate of drug-likeness (QED) is 0.288. The highest BCUT2D eigenvalue weighted by Crippen LogP contribution is 2.43. The third-order valence-corrected chi connectivity index (χ3v) is 4.83. The van der Waals surface area contributed by atoms with E-state index in [9.17, 15) is 9.46 Å². The molecule has 0 heterocycles. The molecule has 2 atom stereocenters. The largest absolute Gasteiger partial charge is 0.475 e. The molecule has 0 aliphatic carbocycles. The minimum atomic E-state index is -4.03. The zero-order valence-corrected chi connectivity index (χ0v) is 16.0. The first-order valence-electron chi connectivity index (χ1n) is 8.79. The van der Waals surface area contributed by atoms with Crippen molar-refractivity contribution in [3.63, 3.8) is 0 Å². The van der Waals surface area contributed by atoms with Gasteiger partial charge in [-0.2, -0.15) is 0 Å². The van der Waals surface area contributed by atoms with E-state index in [2.05, 4.69) is 11.4 Å². The average Bonchev–Trinajstić information content (AvgIpc) is 2.55. The van der Waals surface area contributed by atoms with E-state index in [-0.39, 0.29) is 0 Å². The van der Waals surface area contributed by atoms with Crippen molar-refractivity contribution in [2.75, 3.05) is 7.11 Å². The Bertz CT molecular complexity index is 489. The predicted octanol–water partition coefficient (Wildman–Crippen LogP) is 5.47. The minimum Gasteiger partial charge on any atom is -0.465 e. The molecular weight excluding hydrogens is 327 g/mol. The lowest BCUT2D eigenvalue weighted by molar-refractivity contribution is -0.00491. The second-order valence-corrected chi connectivity index (χ2v) is 7.47. The van der Waals surface area contributed by atoms with Gasteiger partial charge in [-0.15, -0.1) is 0 Å². The van der Waals surface area contributed by atoms with Gasteiger partial charge in [0.15, 0.2) is 0 Å². The van der Waals surface area contributed by atoms with Crippen LogP contribution in [0.4, 0.5) is 0 Å². The summed E-state index contributed by atoms with van der Waals surface area (Å²) in [4.78, 5) is 9.24. The maximum Gasteiger partial charge on any atom is 0.475 e. The summed E-state index contributed by atoms with van der Waals surface area (Å²) in [6, 6.07) is 7.75. The Morgan fingerprint density at radius 3 is 2.21 bits per heavy atom. The van der Waals surface area contributed by atoms with Gasteiger partial charge < -0.3 is 9.63 Å². The van der Waals surface area contributed by atoms with Crippen LogP contribution in [-0.2, 0) is 20.0 Å². The van der Waals surface area contributed by atoms with E-state index >= 15 is 0 Å². The van der Waals surface area contributed by atoms with Crippen molar-refractivity contribution in [3.8, 4) is 5.75 Å². The van der Waals surface area contributed by atoms with Crippen molar-refractivity contribution >= 4 is 7.82 Å². The lowest BCUT2D eigenvalue weighted by atomic mass is 10.0. The number of benzene rings is 1. The van der Waals surface area contributed by atoms with Gasteiger partial charge in [-0.05, 0) is 37.5 Å². The second-order valence-electron chi connectivity index (χ2n) is 5.96. The molecule has 1 N–H and O–H groups in total. The molecule has 1 aromatic carbocycles. The molecule has 6 heteroatoms. The molecule has 138 valence electrons. The molecule has 2 unspecified atom stereocenters. The Balaban J connectivity index is 2.26. The summed E-state index contributed by atoms with van der Waals surface area (Å²) in [6.45, 7) is 3.79. The van der Waals surface area contributed by atoms with Crippen LogP contribution in [0.5, 0.6) is 5.75 Å². The highest BCUT2D eigenvalue weighted by Gasteiger charge is 2.23. The van der Waals surface area contributed by atoms with Crippen molar-refractivity contribution in [3.05, 3.63) is 29.8 Å². The molecule has 0 aliphatic heterocycles. The van der Waals surface area contributed by atoms with Gasteiger partial charge in [0, 0.05) is 7.11 Å². The highest BCUT2D eigenvalue weighted by atomic mass is 31.2.